The second-order valence-electron chi connectivity index (χ2n) is 12.7. The van der Waals surface area contributed by atoms with Crippen LogP contribution in [0.15, 0.2) is 78.9 Å². The van der Waals surface area contributed by atoms with Crippen LogP contribution in [-0.2, 0) is 28.7 Å². The van der Waals surface area contributed by atoms with E-state index in [-0.39, 0.29) is 43.8 Å². The van der Waals surface area contributed by atoms with Gasteiger partial charge in [-0.3, -0.25) is 19.2 Å². The number of aliphatic hydroxyl groups excluding tert-OH is 1. The summed E-state index contributed by atoms with van der Waals surface area (Å²) in [4.78, 5) is 59.4. The lowest BCUT2D eigenvalue weighted by Gasteiger charge is -2.35. The van der Waals surface area contributed by atoms with Gasteiger partial charge in [0.05, 0.1) is 25.7 Å². The van der Waals surface area contributed by atoms with Crippen molar-refractivity contribution >= 4 is 29.4 Å². The summed E-state index contributed by atoms with van der Waals surface area (Å²) in [6, 6.07) is 15.3. The van der Waals surface area contributed by atoms with Gasteiger partial charge in [-0.15, -0.1) is 0 Å². The molecule has 254 valence electrons. The van der Waals surface area contributed by atoms with Crippen molar-refractivity contribution < 1.29 is 38.5 Å². The standard InChI is InChI=1S/C37H43N3O8/c1-46-27-18-16-26(17-19-27)39-22-11-20-37-32(34(43)40(33(37)35(39)44)21-9-2-3-10-23-41)31-28(48-37)14-7-8-15-30(42)38-24-29(47-36(31)45)25-12-5-4-6-13-25/h4-7,11-14,16-20,28-29,31-33,41H,2-3,8-10,15,21-24H2,1H3,(H,38,42)/b14-7-/t28-,29+,31+,32+,33-,37+/m0/s1. The number of amides is 3. The fourth-order valence-electron chi connectivity index (χ4n) is 7.39. The molecule has 2 saturated heterocycles. The molecular weight excluding hydrogens is 614 g/mol. The number of nitrogens with one attached hydrogen (secondary N) is 1. The van der Waals surface area contributed by atoms with Crippen molar-refractivity contribution in [3.8, 4) is 5.75 Å². The zero-order chi connectivity index (χ0) is 33.7. The molecular formula is C37H43N3O8. The minimum Gasteiger partial charge on any atom is -0.497 e. The van der Waals surface area contributed by atoms with Gasteiger partial charge >= 0.3 is 5.97 Å². The lowest BCUT2D eigenvalue weighted by Crippen LogP contribution is -2.55. The second-order valence-corrected chi connectivity index (χ2v) is 12.7. The number of ether oxygens (including phenoxy) is 3. The molecule has 0 unspecified atom stereocenters. The van der Waals surface area contributed by atoms with Crippen LogP contribution in [0.3, 0.4) is 0 Å². The van der Waals surface area contributed by atoms with E-state index in [0.29, 0.717) is 42.8 Å². The fraction of sp³-hybridized carbons (Fsp3) is 0.459. The predicted molar refractivity (Wildman–Crippen MR) is 177 cm³/mol. The number of esters is 1. The van der Waals surface area contributed by atoms with E-state index >= 15 is 0 Å². The van der Waals surface area contributed by atoms with Gasteiger partial charge in [-0.05, 0) is 49.1 Å². The van der Waals surface area contributed by atoms with Crippen LogP contribution in [0.1, 0.15) is 50.2 Å². The Morgan fingerprint density at radius 3 is 2.48 bits per heavy atom. The number of hydrogen-bond donors (Lipinski definition) is 2. The van der Waals surface area contributed by atoms with Gasteiger partial charge in [0, 0.05) is 31.8 Å². The molecule has 2 fully saturated rings. The summed E-state index contributed by atoms with van der Waals surface area (Å²) in [6.07, 6.45) is 9.02. The molecule has 48 heavy (non-hydrogen) atoms. The van der Waals surface area contributed by atoms with Gasteiger partial charge in [-0.2, -0.15) is 0 Å². The molecule has 1 spiro atoms. The van der Waals surface area contributed by atoms with Crippen LogP contribution >= 0.6 is 0 Å². The number of anilines is 1. The first-order valence-electron chi connectivity index (χ1n) is 16.8. The van der Waals surface area contributed by atoms with Gasteiger partial charge < -0.3 is 34.4 Å². The summed E-state index contributed by atoms with van der Waals surface area (Å²) in [6.45, 7) is 0.722. The fourth-order valence-corrected chi connectivity index (χ4v) is 7.39. The van der Waals surface area contributed by atoms with E-state index in [1.165, 1.54) is 0 Å². The summed E-state index contributed by atoms with van der Waals surface area (Å²) in [7, 11) is 1.58. The zero-order valence-corrected chi connectivity index (χ0v) is 27.2. The molecule has 3 amide bonds. The molecule has 2 aromatic carbocycles. The monoisotopic (exact) mass is 657 g/mol. The molecule has 6 atom stereocenters. The van der Waals surface area contributed by atoms with Crippen LogP contribution in [-0.4, -0.2) is 84.8 Å². The Kier molecular flexibility index (Phi) is 10.3. The average molecular weight is 658 g/mol. The quantitative estimate of drug-likeness (QED) is 0.238. The number of methoxy groups -OCH3 is 1. The number of unbranched alkanes of at least 4 members (excludes halogenated alkanes) is 3. The van der Waals surface area contributed by atoms with E-state index in [4.69, 9.17) is 14.2 Å². The maximum absolute atomic E-state index is 14.7. The van der Waals surface area contributed by atoms with Crippen molar-refractivity contribution in [3.05, 3.63) is 84.5 Å². The van der Waals surface area contributed by atoms with E-state index in [2.05, 4.69) is 5.32 Å². The smallest absolute Gasteiger partial charge is 0.313 e. The average Bonchev–Trinajstić information content (AvgIpc) is 3.48. The number of allylic oxidation sites excluding steroid dienone is 1. The minimum atomic E-state index is -1.42. The molecule has 4 aliphatic heterocycles. The van der Waals surface area contributed by atoms with Crippen LogP contribution in [0, 0.1) is 11.8 Å². The van der Waals surface area contributed by atoms with Gasteiger partial charge in [0.1, 0.15) is 29.4 Å². The van der Waals surface area contributed by atoms with Crippen LogP contribution in [0.25, 0.3) is 0 Å². The van der Waals surface area contributed by atoms with Crippen LogP contribution in [0.2, 0.25) is 0 Å². The van der Waals surface area contributed by atoms with E-state index in [1.54, 1.807) is 59.4 Å². The maximum Gasteiger partial charge on any atom is 0.313 e. The number of nitrogens with zero attached hydrogens (tertiary/aromatic N) is 2. The van der Waals surface area contributed by atoms with Crippen molar-refractivity contribution in [2.45, 2.75) is 62.4 Å². The van der Waals surface area contributed by atoms with Crippen LogP contribution < -0.4 is 15.0 Å². The third-order valence-corrected chi connectivity index (χ3v) is 9.74. The minimum absolute atomic E-state index is 0.0814. The van der Waals surface area contributed by atoms with Crippen molar-refractivity contribution in [2.24, 2.45) is 11.8 Å². The van der Waals surface area contributed by atoms with Gasteiger partial charge in [0.2, 0.25) is 11.8 Å². The summed E-state index contributed by atoms with van der Waals surface area (Å²) >= 11 is 0. The molecule has 0 aromatic heterocycles. The molecule has 0 aliphatic carbocycles. The highest BCUT2D eigenvalue weighted by molar-refractivity contribution is 6.05. The number of hydrogen-bond acceptors (Lipinski definition) is 8. The van der Waals surface area contributed by atoms with Crippen molar-refractivity contribution in [1.29, 1.82) is 0 Å². The van der Waals surface area contributed by atoms with Gasteiger partial charge in [-0.25, -0.2) is 0 Å². The Hall–Kier alpha value is -4.48. The van der Waals surface area contributed by atoms with Crippen molar-refractivity contribution in [1.82, 2.24) is 10.2 Å². The topological polar surface area (TPSA) is 135 Å². The molecule has 11 heteroatoms. The highest BCUT2D eigenvalue weighted by Crippen LogP contribution is 2.53. The Morgan fingerprint density at radius 1 is 0.958 bits per heavy atom. The van der Waals surface area contributed by atoms with E-state index < -0.39 is 41.7 Å². The van der Waals surface area contributed by atoms with Crippen LogP contribution in [0.4, 0.5) is 5.69 Å². The molecule has 11 nitrogen and oxygen atoms in total. The normalized spacial score (nSPS) is 29.5. The number of cyclic esters (lactones) is 1. The van der Waals surface area contributed by atoms with Gasteiger partial charge in [0.25, 0.3) is 5.91 Å². The lowest BCUT2D eigenvalue weighted by atomic mass is 9.78. The molecule has 0 radical (unpaired) electrons. The van der Waals surface area contributed by atoms with Crippen molar-refractivity contribution in [2.75, 3.05) is 38.3 Å². The van der Waals surface area contributed by atoms with E-state index in [0.717, 1.165) is 12.8 Å². The molecule has 4 aliphatic rings. The summed E-state index contributed by atoms with van der Waals surface area (Å²) < 4.78 is 18.3. The first-order valence-corrected chi connectivity index (χ1v) is 16.8. The van der Waals surface area contributed by atoms with Gasteiger partial charge in [-0.1, -0.05) is 67.5 Å². The number of carbonyl (C=O) groups excluding carboxylic acids is 4. The lowest BCUT2D eigenvalue weighted by molar-refractivity contribution is -0.159. The first-order chi connectivity index (χ1) is 23.4. The number of benzene rings is 2. The second kappa shape index (κ2) is 14.7. The Bertz CT molecular complexity index is 1540. The van der Waals surface area contributed by atoms with Gasteiger partial charge in [0.15, 0.2) is 0 Å². The summed E-state index contributed by atoms with van der Waals surface area (Å²) in [5, 5.41) is 12.1. The number of carbonyl (C=O) groups is 4. The molecule has 2 N–H and O–H groups in total. The number of rotatable bonds is 9. The molecule has 4 heterocycles. The third-order valence-electron chi connectivity index (χ3n) is 9.74. The molecule has 6 rings (SSSR count). The summed E-state index contributed by atoms with van der Waals surface area (Å²) in [5.74, 6) is -2.80. The van der Waals surface area contributed by atoms with Crippen molar-refractivity contribution in [3.63, 3.8) is 0 Å². The third kappa shape index (κ3) is 6.49. The zero-order valence-electron chi connectivity index (χ0n) is 27.2. The molecule has 2 aromatic rings. The summed E-state index contributed by atoms with van der Waals surface area (Å²) in [5.41, 5.74) is -0.0629. The van der Waals surface area contributed by atoms with Crippen LogP contribution in [0.5, 0.6) is 5.75 Å². The Labute approximate surface area is 280 Å². The van der Waals surface area contributed by atoms with E-state index in [9.17, 15) is 24.3 Å². The number of likely N-dealkylation sites (tertiary alicyclic amines) is 1. The Morgan fingerprint density at radius 2 is 1.73 bits per heavy atom. The van der Waals surface area contributed by atoms with E-state index in [1.807, 2.05) is 36.4 Å². The predicted octanol–water partition coefficient (Wildman–Crippen LogP) is 3.48. The number of fused-ring (bicyclic) bond motifs is 2. The molecule has 0 saturated carbocycles. The highest BCUT2D eigenvalue weighted by atomic mass is 16.6. The Balaban J connectivity index is 1.39. The first kappa shape index (κ1) is 33.4. The SMILES string of the molecule is COc1ccc(N2CC=C[C@@]34O[C@H]5/C=C\CCC(=O)NC[C@H](c6ccccc6)OC(=O)[C@H]5[C@@H]3C(=O)N(CCCCCCO)[C@H]4C2=O)cc1. The largest absolute Gasteiger partial charge is 0.497 e. The molecule has 0 bridgehead atoms. The maximum atomic E-state index is 14.7. The highest BCUT2D eigenvalue weighted by Gasteiger charge is 2.71. The number of aliphatic hydroxyl groups is 1.